The molecule has 0 aliphatic rings. The van der Waals surface area contributed by atoms with Crippen LogP contribution in [0.25, 0.3) is 21.8 Å². The van der Waals surface area contributed by atoms with Gasteiger partial charge in [0.25, 0.3) is 0 Å². The van der Waals surface area contributed by atoms with Crippen molar-refractivity contribution in [1.82, 2.24) is 10.3 Å². The fraction of sp³-hybridized carbons (Fsp3) is 0.250. The summed E-state index contributed by atoms with van der Waals surface area (Å²) in [6.45, 7) is 2.73. The first-order chi connectivity index (χ1) is 15.3. The Labute approximate surface area is 187 Å². The number of benzene rings is 3. The van der Waals surface area contributed by atoms with Crippen molar-refractivity contribution in [1.29, 1.82) is 0 Å². The molecular formula is C24H27N3O4S. The summed E-state index contributed by atoms with van der Waals surface area (Å²) in [5.74, 6) is 0.776. The van der Waals surface area contributed by atoms with E-state index in [1.54, 1.807) is 24.3 Å². The molecule has 0 aliphatic heterocycles. The van der Waals surface area contributed by atoms with Crippen LogP contribution >= 0.6 is 0 Å². The first-order valence-electron chi connectivity index (χ1n) is 10.4. The molecule has 7 nitrogen and oxygen atoms in total. The molecule has 0 aliphatic carbocycles. The molecule has 0 radical (unpaired) electrons. The Morgan fingerprint density at radius 2 is 1.78 bits per heavy atom. The molecule has 2 atom stereocenters. The van der Waals surface area contributed by atoms with E-state index >= 15 is 0 Å². The number of para-hydroxylation sites is 1. The minimum atomic E-state index is -3.37. The highest BCUT2D eigenvalue weighted by Crippen LogP contribution is 2.28. The molecule has 8 heteroatoms. The van der Waals surface area contributed by atoms with Gasteiger partial charge in [0, 0.05) is 40.6 Å². The number of aromatic amines is 1. The average Bonchev–Trinajstić information content (AvgIpc) is 3.13. The normalized spacial score (nSPS) is 13.8. The van der Waals surface area contributed by atoms with E-state index in [1.807, 2.05) is 31.2 Å². The Morgan fingerprint density at radius 1 is 1.00 bits per heavy atom. The van der Waals surface area contributed by atoms with Crippen LogP contribution in [0, 0.1) is 0 Å². The van der Waals surface area contributed by atoms with Crippen LogP contribution in [0.1, 0.15) is 18.6 Å². The summed E-state index contributed by atoms with van der Waals surface area (Å²) >= 11 is 0. The first-order valence-corrected chi connectivity index (χ1v) is 12.3. The van der Waals surface area contributed by atoms with Gasteiger partial charge < -0.3 is 20.1 Å². The van der Waals surface area contributed by atoms with Crippen molar-refractivity contribution in [3.8, 4) is 5.75 Å². The van der Waals surface area contributed by atoms with Gasteiger partial charge >= 0.3 is 0 Å². The lowest BCUT2D eigenvalue weighted by Crippen LogP contribution is -2.34. The Bertz CT molecular complexity index is 1330. The number of sulfonamides is 1. The summed E-state index contributed by atoms with van der Waals surface area (Å²) in [5.41, 5.74) is 3.18. The van der Waals surface area contributed by atoms with E-state index in [0.29, 0.717) is 24.4 Å². The number of aliphatic hydroxyl groups is 1. The maximum absolute atomic E-state index is 11.4. The van der Waals surface area contributed by atoms with E-state index < -0.39 is 16.1 Å². The molecule has 0 amide bonds. The third-order valence-electron chi connectivity index (χ3n) is 5.21. The second kappa shape index (κ2) is 9.20. The van der Waals surface area contributed by atoms with E-state index in [0.717, 1.165) is 28.4 Å². The second-order valence-electron chi connectivity index (χ2n) is 8.01. The molecule has 168 valence electrons. The highest BCUT2D eigenvalue weighted by Gasteiger charge is 2.12. The topological polar surface area (TPSA) is 103 Å². The van der Waals surface area contributed by atoms with Crippen molar-refractivity contribution in [3.05, 3.63) is 72.3 Å². The minimum Gasteiger partial charge on any atom is -0.492 e. The molecule has 0 fully saturated rings. The minimum absolute atomic E-state index is 0.000359. The summed E-state index contributed by atoms with van der Waals surface area (Å²) in [6.07, 6.45) is 0.316. The van der Waals surface area contributed by atoms with Crippen LogP contribution in [0.4, 0.5) is 5.69 Å². The number of fused-ring (bicyclic) bond motifs is 3. The van der Waals surface area contributed by atoms with Crippen molar-refractivity contribution in [3.63, 3.8) is 0 Å². The molecule has 32 heavy (non-hydrogen) atoms. The average molecular weight is 454 g/mol. The SMILES string of the molecule is C[C@H](COc1ccc2c(c1)[nH]c1ccccc12)NCC(O)c1cccc(NS(C)(=O)=O)c1. The molecule has 0 saturated heterocycles. The number of aromatic nitrogens is 1. The zero-order valence-electron chi connectivity index (χ0n) is 18.0. The van der Waals surface area contributed by atoms with Gasteiger partial charge in [-0.1, -0.05) is 30.3 Å². The van der Waals surface area contributed by atoms with Crippen molar-refractivity contribution in [2.24, 2.45) is 0 Å². The standard InChI is InChI=1S/C24H27N3O4S/c1-16(25-14-24(28)17-6-5-7-18(12-17)27-32(2,29)30)15-31-19-10-11-21-20-8-3-4-9-22(20)26-23(21)13-19/h3-13,16,24-28H,14-15H2,1-2H3/t16-,24?/m1/s1. The van der Waals surface area contributed by atoms with E-state index in [1.165, 1.54) is 5.39 Å². The lowest BCUT2D eigenvalue weighted by molar-refractivity contribution is 0.164. The van der Waals surface area contributed by atoms with E-state index in [2.05, 4.69) is 33.2 Å². The molecule has 4 N–H and O–H groups in total. The highest BCUT2D eigenvalue weighted by molar-refractivity contribution is 7.92. The summed E-state index contributed by atoms with van der Waals surface area (Å²) < 4.78 is 31.2. The van der Waals surface area contributed by atoms with Gasteiger partial charge in [-0.15, -0.1) is 0 Å². The Hall–Kier alpha value is -3.07. The zero-order valence-corrected chi connectivity index (χ0v) is 18.8. The third-order valence-corrected chi connectivity index (χ3v) is 5.82. The Balaban J connectivity index is 1.32. The zero-order chi connectivity index (χ0) is 22.7. The Kier molecular flexibility index (Phi) is 6.36. The van der Waals surface area contributed by atoms with Gasteiger partial charge in [-0.25, -0.2) is 8.42 Å². The quantitative estimate of drug-likeness (QED) is 0.309. The van der Waals surface area contributed by atoms with Gasteiger partial charge in [0.2, 0.25) is 10.0 Å². The van der Waals surface area contributed by atoms with Gasteiger partial charge in [0.15, 0.2) is 0 Å². The van der Waals surface area contributed by atoms with E-state index in [9.17, 15) is 13.5 Å². The molecule has 4 rings (SSSR count). The number of ether oxygens (including phenoxy) is 1. The van der Waals surface area contributed by atoms with Crippen LogP contribution in [0.3, 0.4) is 0 Å². The van der Waals surface area contributed by atoms with Crippen LogP contribution in [-0.2, 0) is 10.0 Å². The van der Waals surface area contributed by atoms with Crippen molar-refractivity contribution < 1.29 is 18.3 Å². The van der Waals surface area contributed by atoms with E-state index in [4.69, 9.17) is 4.74 Å². The number of anilines is 1. The number of hydrogen-bond donors (Lipinski definition) is 4. The molecule has 1 heterocycles. The molecule has 0 saturated carbocycles. The summed E-state index contributed by atoms with van der Waals surface area (Å²) in [5, 5.41) is 16.1. The number of H-pyrrole nitrogens is 1. The van der Waals surface area contributed by atoms with Gasteiger partial charge in [0.1, 0.15) is 12.4 Å². The predicted molar refractivity (Wildman–Crippen MR) is 129 cm³/mol. The van der Waals surface area contributed by atoms with Gasteiger partial charge in [-0.2, -0.15) is 0 Å². The molecular weight excluding hydrogens is 426 g/mol. The molecule has 4 aromatic rings. The van der Waals surface area contributed by atoms with Crippen LogP contribution in [0.2, 0.25) is 0 Å². The third kappa shape index (κ3) is 5.40. The first kappa shape index (κ1) is 22.1. The number of nitrogens with one attached hydrogen (secondary N) is 3. The second-order valence-corrected chi connectivity index (χ2v) is 9.76. The summed E-state index contributed by atoms with van der Waals surface area (Å²) in [6, 6.07) is 20.9. The van der Waals surface area contributed by atoms with Gasteiger partial charge in [-0.3, -0.25) is 4.72 Å². The van der Waals surface area contributed by atoms with Crippen LogP contribution < -0.4 is 14.8 Å². The maximum atomic E-state index is 11.4. The molecule has 3 aromatic carbocycles. The van der Waals surface area contributed by atoms with Crippen molar-refractivity contribution in [2.45, 2.75) is 19.1 Å². The fourth-order valence-electron chi connectivity index (χ4n) is 3.66. The monoisotopic (exact) mass is 453 g/mol. The molecule has 0 bridgehead atoms. The lowest BCUT2D eigenvalue weighted by Gasteiger charge is -2.18. The lowest BCUT2D eigenvalue weighted by atomic mass is 10.1. The Morgan fingerprint density at radius 3 is 2.59 bits per heavy atom. The number of hydrogen-bond acceptors (Lipinski definition) is 5. The van der Waals surface area contributed by atoms with Crippen molar-refractivity contribution >= 4 is 37.5 Å². The molecule has 1 aromatic heterocycles. The number of aliphatic hydroxyl groups excluding tert-OH is 1. The molecule has 0 spiro atoms. The van der Waals surface area contributed by atoms with Crippen molar-refractivity contribution in [2.75, 3.05) is 24.1 Å². The van der Waals surface area contributed by atoms with Crippen LogP contribution in [-0.4, -0.2) is 44.0 Å². The van der Waals surface area contributed by atoms with Crippen LogP contribution in [0.5, 0.6) is 5.75 Å². The highest BCUT2D eigenvalue weighted by atomic mass is 32.2. The van der Waals surface area contributed by atoms with E-state index in [-0.39, 0.29) is 6.04 Å². The largest absolute Gasteiger partial charge is 0.492 e. The smallest absolute Gasteiger partial charge is 0.229 e. The molecule has 1 unspecified atom stereocenters. The van der Waals surface area contributed by atoms with Gasteiger partial charge in [-0.05, 0) is 42.8 Å². The maximum Gasteiger partial charge on any atom is 0.229 e. The summed E-state index contributed by atoms with van der Waals surface area (Å²) in [4.78, 5) is 3.41. The van der Waals surface area contributed by atoms with Gasteiger partial charge in [0.05, 0.1) is 17.9 Å². The van der Waals surface area contributed by atoms with Crippen LogP contribution in [0.15, 0.2) is 66.7 Å². The number of rotatable bonds is 9. The predicted octanol–water partition coefficient (Wildman–Crippen LogP) is 3.78. The summed E-state index contributed by atoms with van der Waals surface area (Å²) in [7, 11) is -3.37. The fourth-order valence-corrected chi connectivity index (χ4v) is 4.21.